The van der Waals surface area contributed by atoms with Gasteiger partial charge in [0.25, 0.3) is 11.8 Å². The number of aryl methyl sites for hydroxylation is 2. The molecule has 2 aliphatic rings. The Kier molecular flexibility index (Phi) is 14.0. The van der Waals surface area contributed by atoms with Crippen molar-refractivity contribution in [3.63, 3.8) is 0 Å². The number of nitrogens with zero attached hydrogens (tertiary/aromatic N) is 4. The third-order valence-electron chi connectivity index (χ3n) is 10.0. The minimum Gasteiger partial charge on any atom is -1.00 e. The fourth-order valence-electron chi connectivity index (χ4n) is 7.99. The van der Waals surface area contributed by atoms with Crippen LogP contribution in [0.2, 0.25) is 0 Å². The van der Waals surface area contributed by atoms with E-state index in [4.69, 9.17) is 4.74 Å². The first-order valence-electron chi connectivity index (χ1n) is 17.3. The molecule has 3 heterocycles. The van der Waals surface area contributed by atoms with Crippen LogP contribution >= 0.6 is 0 Å². The van der Waals surface area contributed by atoms with Crippen LogP contribution in [0.4, 0.5) is 0 Å². The zero-order valence-electron chi connectivity index (χ0n) is 29.6. The Labute approximate surface area is 307 Å². The molecule has 5 rings (SSSR count). The van der Waals surface area contributed by atoms with Crippen molar-refractivity contribution in [2.75, 3.05) is 40.3 Å². The van der Waals surface area contributed by atoms with Gasteiger partial charge >= 0.3 is 5.97 Å². The number of halogens is 2. The molecule has 2 atom stereocenters. The van der Waals surface area contributed by atoms with E-state index in [1.165, 1.54) is 49.1 Å². The standard InChI is InChI=1S/C38H54N4O4.2BrH/c1-7-31-29(24-46-37(31)45)22-30-23-40(27-39(30)4)20-12-10-8-9-11-13-21-42(5,6)26-38(2,3)25-41-35(43)32-18-14-16-28-17-15-19-33(34(28)32)36(41)44;;/h14-19,23,27,29,31H,7-13,20-22,24-26H2,1-6H3;2*1H/q+2;;/p-2/t29-,31-;;/m0../s1. The van der Waals surface area contributed by atoms with Crippen molar-refractivity contribution in [1.29, 1.82) is 0 Å². The van der Waals surface area contributed by atoms with E-state index in [0.29, 0.717) is 24.3 Å². The summed E-state index contributed by atoms with van der Waals surface area (Å²) in [6.07, 6.45) is 13.4. The van der Waals surface area contributed by atoms with Gasteiger partial charge in [0.2, 0.25) is 6.33 Å². The molecule has 2 aliphatic heterocycles. The highest BCUT2D eigenvalue weighted by molar-refractivity contribution is 6.25. The van der Waals surface area contributed by atoms with Crippen molar-refractivity contribution in [3.8, 4) is 0 Å². The number of quaternary nitrogens is 1. The van der Waals surface area contributed by atoms with Gasteiger partial charge in [0.1, 0.15) is 11.9 Å². The second-order valence-electron chi connectivity index (χ2n) is 15.2. The van der Waals surface area contributed by atoms with E-state index in [1.807, 2.05) is 36.4 Å². The molecule has 1 fully saturated rings. The summed E-state index contributed by atoms with van der Waals surface area (Å²) in [6, 6.07) is 11.4. The zero-order chi connectivity index (χ0) is 33.1. The first-order valence-corrected chi connectivity index (χ1v) is 17.3. The number of imide groups is 1. The summed E-state index contributed by atoms with van der Waals surface area (Å²) in [7, 11) is 6.63. The molecule has 8 nitrogen and oxygen atoms in total. The number of rotatable bonds is 16. The molecule has 0 radical (unpaired) electrons. The molecular weight excluding hydrogens is 736 g/mol. The molecule has 0 unspecified atom stereocenters. The molecule has 0 aliphatic carbocycles. The predicted octanol–water partition coefficient (Wildman–Crippen LogP) is -0.0451. The number of carbonyl (C=O) groups is 3. The van der Waals surface area contributed by atoms with Gasteiger partial charge in [-0.3, -0.25) is 19.3 Å². The van der Waals surface area contributed by atoms with Crippen LogP contribution in [-0.2, 0) is 29.5 Å². The van der Waals surface area contributed by atoms with Gasteiger partial charge in [-0.2, -0.15) is 0 Å². The lowest BCUT2D eigenvalue weighted by atomic mass is 9.88. The van der Waals surface area contributed by atoms with Gasteiger partial charge in [-0.05, 0) is 49.6 Å². The minimum absolute atomic E-state index is 0. The van der Waals surface area contributed by atoms with Crippen LogP contribution in [0.5, 0.6) is 0 Å². The molecule has 2 aromatic carbocycles. The molecule has 0 bridgehead atoms. The van der Waals surface area contributed by atoms with Gasteiger partial charge in [-0.25, -0.2) is 9.13 Å². The molecular formula is C38H54Br2N4O4. The van der Waals surface area contributed by atoms with E-state index < -0.39 is 0 Å². The van der Waals surface area contributed by atoms with E-state index in [9.17, 15) is 14.4 Å². The summed E-state index contributed by atoms with van der Waals surface area (Å²) in [5.41, 5.74) is 2.30. The summed E-state index contributed by atoms with van der Waals surface area (Å²) in [5, 5.41) is 1.72. The summed E-state index contributed by atoms with van der Waals surface area (Å²) < 4.78 is 10.7. The van der Waals surface area contributed by atoms with Gasteiger partial charge in [0.05, 0.1) is 53.3 Å². The monoisotopic (exact) mass is 788 g/mol. The number of unbranched alkanes of at least 4 members (excludes halogenated alkanes) is 5. The fourth-order valence-corrected chi connectivity index (χ4v) is 7.99. The van der Waals surface area contributed by atoms with Crippen molar-refractivity contribution in [1.82, 2.24) is 9.47 Å². The van der Waals surface area contributed by atoms with Crippen LogP contribution in [0.15, 0.2) is 48.9 Å². The number of amides is 2. The first kappa shape index (κ1) is 39.9. The maximum atomic E-state index is 13.5. The maximum Gasteiger partial charge on any atom is 0.309 e. The number of imidazole rings is 1. The van der Waals surface area contributed by atoms with Crippen molar-refractivity contribution in [3.05, 3.63) is 65.7 Å². The van der Waals surface area contributed by atoms with Crippen LogP contribution in [0.25, 0.3) is 10.8 Å². The summed E-state index contributed by atoms with van der Waals surface area (Å²) >= 11 is 0. The highest BCUT2D eigenvalue weighted by Gasteiger charge is 2.39. The molecule has 1 aromatic heterocycles. The molecule has 0 saturated carbocycles. The van der Waals surface area contributed by atoms with Crippen molar-refractivity contribution < 1.29 is 62.1 Å². The Balaban J connectivity index is 0.00000312. The maximum absolute atomic E-state index is 13.5. The normalized spacial score (nSPS) is 17.8. The molecule has 10 heteroatoms. The predicted molar refractivity (Wildman–Crippen MR) is 180 cm³/mol. The number of hydrogen-bond acceptors (Lipinski definition) is 4. The Bertz CT molecular complexity index is 1530. The molecule has 0 N–H and O–H groups in total. The van der Waals surface area contributed by atoms with Crippen molar-refractivity contribution in [2.24, 2.45) is 24.3 Å². The van der Waals surface area contributed by atoms with Crippen LogP contribution in [0.1, 0.15) is 92.1 Å². The van der Waals surface area contributed by atoms with Gasteiger partial charge in [-0.15, -0.1) is 0 Å². The summed E-state index contributed by atoms with van der Waals surface area (Å²) in [5.74, 6) is -0.0767. The van der Waals surface area contributed by atoms with Crippen LogP contribution in [0.3, 0.4) is 0 Å². The largest absolute Gasteiger partial charge is 1.00 e. The Hall–Kier alpha value is -2.56. The molecule has 48 heavy (non-hydrogen) atoms. The third-order valence-corrected chi connectivity index (χ3v) is 10.0. The van der Waals surface area contributed by atoms with Gasteiger partial charge in [0, 0.05) is 40.8 Å². The van der Waals surface area contributed by atoms with Gasteiger partial charge in [0.15, 0.2) is 0 Å². The van der Waals surface area contributed by atoms with E-state index in [0.717, 1.165) is 47.7 Å². The fraction of sp³-hybridized carbons (Fsp3) is 0.579. The van der Waals surface area contributed by atoms with Crippen LogP contribution in [0, 0.1) is 17.3 Å². The number of aromatic nitrogens is 2. The lowest BCUT2D eigenvalue weighted by molar-refractivity contribution is -0.896. The first-order chi connectivity index (χ1) is 21.9. The Morgan fingerprint density at radius 1 is 0.917 bits per heavy atom. The highest BCUT2D eigenvalue weighted by Crippen LogP contribution is 2.33. The Morgan fingerprint density at radius 2 is 1.52 bits per heavy atom. The lowest BCUT2D eigenvalue weighted by Gasteiger charge is -2.40. The number of cyclic esters (lactones) is 1. The summed E-state index contributed by atoms with van der Waals surface area (Å²) in [6.45, 7) is 10.4. The summed E-state index contributed by atoms with van der Waals surface area (Å²) in [4.78, 5) is 40.3. The van der Waals surface area contributed by atoms with Crippen molar-refractivity contribution in [2.45, 2.75) is 78.7 Å². The van der Waals surface area contributed by atoms with E-state index in [1.54, 1.807) is 0 Å². The molecule has 2 amide bonds. The highest BCUT2D eigenvalue weighted by atomic mass is 79.9. The molecule has 3 aromatic rings. The quantitative estimate of drug-likeness (QED) is 0.0672. The average Bonchev–Trinajstić information content (AvgIpc) is 3.54. The van der Waals surface area contributed by atoms with Crippen LogP contribution < -0.4 is 38.5 Å². The molecule has 0 spiro atoms. The Morgan fingerprint density at radius 3 is 2.15 bits per heavy atom. The van der Waals surface area contributed by atoms with Gasteiger partial charge < -0.3 is 43.2 Å². The number of benzene rings is 2. The molecule has 264 valence electrons. The number of esters is 1. The average molecular weight is 791 g/mol. The van der Waals surface area contributed by atoms with Gasteiger partial charge in [-0.1, -0.05) is 57.9 Å². The van der Waals surface area contributed by atoms with Crippen LogP contribution in [-0.4, -0.2) is 72.1 Å². The minimum atomic E-state index is -0.218. The smallest absolute Gasteiger partial charge is 0.309 e. The second kappa shape index (κ2) is 16.9. The lowest BCUT2D eigenvalue weighted by Crippen LogP contribution is -3.00. The van der Waals surface area contributed by atoms with Crippen molar-refractivity contribution >= 4 is 28.6 Å². The number of hydrogen-bond donors (Lipinski definition) is 0. The second-order valence-corrected chi connectivity index (χ2v) is 15.2. The van der Waals surface area contributed by atoms with E-state index in [-0.39, 0.29) is 69.0 Å². The van der Waals surface area contributed by atoms with E-state index >= 15 is 0 Å². The number of carbonyl (C=O) groups excluding carboxylic acids is 3. The zero-order valence-corrected chi connectivity index (χ0v) is 32.8. The topological polar surface area (TPSA) is 72.5 Å². The molecule has 1 saturated heterocycles. The van der Waals surface area contributed by atoms with E-state index in [2.05, 4.69) is 63.6 Å². The SMILES string of the molecule is CC[C@@H]1C(=O)OC[C@@H]1Cc1c[n+](CCCCCCCC[N+](C)(C)CC(C)(C)CN2C(=O)c3cccc4cccc(c34)C2=O)cn1C.[Br-].[Br-]. The third kappa shape index (κ3) is 9.36. The number of ether oxygens (including phenoxy) is 1.